The van der Waals surface area contributed by atoms with Crippen LogP contribution in [-0.4, -0.2) is 23.2 Å². The quantitative estimate of drug-likeness (QED) is 0.867. The van der Waals surface area contributed by atoms with Gasteiger partial charge < -0.3 is 10.4 Å². The van der Waals surface area contributed by atoms with Gasteiger partial charge in [0.05, 0.1) is 0 Å². The average molecular weight is 275 g/mol. The van der Waals surface area contributed by atoms with E-state index in [-0.39, 0.29) is 11.3 Å². The van der Waals surface area contributed by atoms with Crippen LogP contribution in [-0.2, 0) is 10.2 Å². The molecule has 1 aliphatic carbocycles. The summed E-state index contributed by atoms with van der Waals surface area (Å²) in [5.74, 6) is -0.635. The van der Waals surface area contributed by atoms with Crippen LogP contribution in [0.5, 0.6) is 0 Å². The largest absolute Gasteiger partial charge is 0.480 e. The van der Waals surface area contributed by atoms with Gasteiger partial charge in [0, 0.05) is 6.04 Å². The van der Waals surface area contributed by atoms with Crippen molar-refractivity contribution in [3.05, 3.63) is 35.9 Å². The maximum absolute atomic E-state index is 11.3. The van der Waals surface area contributed by atoms with Crippen LogP contribution in [0.25, 0.3) is 0 Å². The zero-order valence-electron chi connectivity index (χ0n) is 12.6. The summed E-state index contributed by atoms with van der Waals surface area (Å²) in [5, 5.41) is 12.6. The number of hydrogen-bond donors (Lipinski definition) is 2. The minimum atomic E-state index is -0.742. The lowest BCUT2D eigenvalue weighted by Crippen LogP contribution is -2.46. The zero-order valence-corrected chi connectivity index (χ0v) is 12.6. The van der Waals surface area contributed by atoms with Gasteiger partial charge in [0.2, 0.25) is 0 Å². The molecule has 3 atom stereocenters. The van der Waals surface area contributed by atoms with E-state index in [0.717, 1.165) is 19.3 Å². The molecule has 2 N–H and O–H groups in total. The second kappa shape index (κ2) is 5.96. The van der Waals surface area contributed by atoms with E-state index in [1.807, 2.05) is 19.9 Å². The van der Waals surface area contributed by atoms with Crippen molar-refractivity contribution < 1.29 is 9.90 Å². The van der Waals surface area contributed by atoms with Crippen molar-refractivity contribution in [2.45, 2.75) is 57.5 Å². The first kappa shape index (κ1) is 15.0. The van der Waals surface area contributed by atoms with E-state index in [4.69, 9.17) is 0 Å². The fourth-order valence-corrected chi connectivity index (χ4v) is 3.29. The van der Waals surface area contributed by atoms with Crippen molar-refractivity contribution in [1.82, 2.24) is 5.32 Å². The van der Waals surface area contributed by atoms with E-state index in [2.05, 4.69) is 36.5 Å². The van der Waals surface area contributed by atoms with Gasteiger partial charge in [-0.1, -0.05) is 51.1 Å². The third kappa shape index (κ3) is 3.21. The molecule has 0 aromatic heterocycles. The third-order valence-electron chi connectivity index (χ3n) is 4.56. The van der Waals surface area contributed by atoms with Crippen LogP contribution in [0.4, 0.5) is 0 Å². The molecule has 1 fully saturated rings. The molecule has 0 aliphatic heterocycles. The van der Waals surface area contributed by atoms with E-state index in [1.165, 1.54) is 5.56 Å². The van der Waals surface area contributed by atoms with Gasteiger partial charge in [0.15, 0.2) is 0 Å². The van der Waals surface area contributed by atoms with Gasteiger partial charge in [0.25, 0.3) is 0 Å². The van der Waals surface area contributed by atoms with Crippen molar-refractivity contribution in [3.63, 3.8) is 0 Å². The normalized spacial score (nSPS) is 27.7. The van der Waals surface area contributed by atoms with Crippen molar-refractivity contribution in [2.75, 3.05) is 0 Å². The maximum atomic E-state index is 11.3. The van der Waals surface area contributed by atoms with Gasteiger partial charge in [-0.15, -0.1) is 0 Å². The predicted molar refractivity (Wildman–Crippen MR) is 80.8 cm³/mol. The van der Waals surface area contributed by atoms with Crippen molar-refractivity contribution >= 4 is 5.97 Å². The molecule has 1 aromatic carbocycles. The van der Waals surface area contributed by atoms with Crippen LogP contribution in [0.2, 0.25) is 0 Å². The van der Waals surface area contributed by atoms with Crippen LogP contribution < -0.4 is 5.32 Å². The van der Waals surface area contributed by atoms with Crippen LogP contribution in [0, 0.1) is 5.92 Å². The van der Waals surface area contributed by atoms with Gasteiger partial charge in [-0.2, -0.15) is 0 Å². The Hall–Kier alpha value is -1.35. The fraction of sp³-hybridized carbons (Fsp3) is 0.588. The van der Waals surface area contributed by atoms with E-state index in [9.17, 15) is 9.90 Å². The smallest absolute Gasteiger partial charge is 0.320 e. The minimum Gasteiger partial charge on any atom is -0.480 e. The summed E-state index contributed by atoms with van der Waals surface area (Å²) in [6.07, 6.45) is 3.16. The standard InChI is InChI=1S/C17H25NO2/c1-12(2)15(16(19)20)18-14-9-10-17(3,11-14)13-7-5-4-6-8-13/h4-8,12,14-15,18H,9-11H2,1-3H3,(H,19,20)/t14?,15-,17?/m0/s1. The maximum Gasteiger partial charge on any atom is 0.320 e. The molecule has 0 saturated heterocycles. The molecule has 1 aliphatic rings. The Morgan fingerprint density at radius 2 is 2.00 bits per heavy atom. The fourth-order valence-electron chi connectivity index (χ4n) is 3.29. The number of benzene rings is 1. The van der Waals surface area contributed by atoms with E-state index in [1.54, 1.807) is 0 Å². The first-order valence-electron chi connectivity index (χ1n) is 7.47. The zero-order chi connectivity index (χ0) is 14.8. The monoisotopic (exact) mass is 275 g/mol. The number of carboxylic acid groups (broad SMARTS) is 1. The summed E-state index contributed by atoms with van der Waals surface area (Å²) in [6, 6.07) is 10.4. The van der Waals surface area contributed by atoms with Crippen molar-refractivity contribution in [3.8, 4) is 0 Å². The van der Waals surface area contributed by atoms with Gasteiger partial charge >= 0.3 is 5.97 Å². The van der Waals surface area contributed by atoms with Crippen molar-refractivity contribution in [2.24, 2.45) is 5.92 Å². The molecule has 0 amide bonds. The first-order chi connectivity index (χ1) is 9.42. The number of carbonyl (C=O) groups is 1. The molecule has 0 bridgehead atoms. The lowest BCUT2D eigenvalue weighted by molar-refractivity contribution is -0.140. The Morgan fingerprint density at radius 3 is 2.55 bits per heavy atom. The van der Waals surface area contributed by atoms with E-state index in [0.29, 0.717) is 6.04 Å². The highest BCUT2D eigenvalue weighted by molar-refractivity contribution is 5.73. The molecule has 0 heterocycles. The van der Waals surface area contributed by atoms with Gasteiger partial charge in [-0.25, -0.2) is 0 Å². The molecule has 3 nitrogen and oxygen atoms in total. The molecule has 1 saturated carbocycles. The lowest BCUT2D eigenvalue weighted by Gasteiger charge is -2.27. The highest BCUT2D eigenvalue weighted by Gasteiger charge is 2.38. The summed E-state index contributed by atoms with van der Waals surface area (Å²) in [7, 11) is 0. The molecule has 110 valence electrons. The van der Waals surface area contributed by atoms with E-state index >= 15 is 0 Å². The molecule has 3 heteroatoms. The number of rotatable bonds is 5. The summed E-state index contributed by atoms with van der Waals surface area (Å²) < 4.78 is 0. The topological polar surface area (TPSA) is 49.3 Å². The second-order valence-corrected chi connectivity index (χ2v) is 6.59. The molecule has 0 radical (unpaired) electrons. The molecule has 1 aromatic rings. The SMILES string of the molecule is CC(C)[C@H](NC1CCC(C)(c2ccccc2)C1)C(=O)O. The Labute approximate surface area is 121 Å². The van der Waals surface area contributed by atoms with Gasteiger partial charge in [0.1, 0.15) is 6.04 Å². The first-order valence-corrected chi connectivity index (χ1v) is 7.47. The third-order valence-corrected chi connectivity index (χ3v) is 4.56. The van der Waals surface area contributed by atoms with Crippen molar-refractivity contribution in [1.29, 1.82) is 0 Å². The highest BCUT2D eigenvalue weighted by atomic mass is 16.4. The van der Waals surface area contributed by atoms with Crippen LogP contribution >= 0.6 is 0 Å². The molecule has 20 heavy (non-hydrogen) atoms. The Balaban J connectivity index is 2.03. The molecule has 2 unspecified atom stereocenters. The summed E-state index contributed by atoms with van der Waals surface area (Å²) in [5.41, 5.74) is 1.53. The summed E-state index contributed by atoms with van der Waals surface area (Å²) >= 11 is 0. The predicted octanol–water partition coefficient (Wildman–Crippen LogP) is 3.20. The number of aliphatic carboxylic acids is 1. The lowest BCUT2D eigenvalue weighted by atomic mass is 9.81. The minimum absolute atomic E-state index is 0.107. The number of hydrogen-bond acceptors (Lipinski definition) is 2. The van der Waals surface area contributed by atoms with E-state index < -0.39 is 12.0 Å². The molecule has 2 rings (SSSR count). The Morgan fingerprint density at radius 1 is 1.35 bits per heavy atom. The van der Waals surface area contributed by atoms with Gasteiger partial charge in [-0.05, 0) is 36.2 Å². The average Bonchev–Trinajstić information content (AvgIpc) is 2.79. The second-order valence-electron chi connectivity index (χ2n) is 6.59. The van der Waals surface area contributed by atoms with Crippen LogP contribution in [0.15, 0.2) is 30.3 Å². The summed E-state index contributed by atoms with van der Waals surface area (Å²) in [6.45, 7) is 6.20. The molecular formula is C17H25NO2. The number of nitrogens with one attached hydrogen (secondary N) is 1. The number of carboxylic acids is 1. The Bertz CT molecular complexity index is 457. The molecular weight excluding hydrogens is 250 g/mol. The Kier molecular flexibility index (Phi) is 4.48. The van der Waals surface area contributed by atoms with Crippen LogP contribution in [0.1, 0.15) is 45.6 Å². The van der Waals surface area contributed by atoms with Crippen LogP contribution in [0.3, 0.4) is 0 Å². The van der Waals surface area contributed by atoms with Gasteiger partial charge in [-0.3, -0.25) is 4.79 Å². The summed E-state index contributed by atoms with van der Waals surface area (Å²) in [4.78, 5) is 11.3. The highest BCUT2D eigenvalue weighted by Crippen LogP contribution is 2.40. The molecule has 0 spiro atoms.